The summed E-state index contributed by atoms with van der Waals surface area (Å²) in [5.74, 6) is 6.17. The van der Waals surface area contributed by atoms with Gasteiger partial charge in [0, 0.05) is 6.42 Å². The summed E-state index contributed by atoms with van der Waals surface area (Å²) < 4.78 is 0. The minimum atomic E-state index is -0.895. The molecule has 2 atom stereocenters. The summed E-state index contributed by atoms with van der Waals surface area (Å²) >= 11 is 6.24. The quantitative estimate of drug-likeness (QED) is 0.501. The van der Waals surface area contributed by atoms with Crippen LogP contribution < -0.4 is 0 Å². The van der Waals surface area contributed by atoms with Gasteiger partial charge in [0.25, 0.3) is 0 Å². The molecule has 0 radical (unpaired) electrons. The van der Waals surface area contributed by atoms with Gasteiger partial charge >= 0.3 is 0 Å². The van der Waals surface area contributed by atoms with Crippen molar-refractivity contribution in [3.8, 4) is 17.9 Å². The second kappa shape index (κ2) is 4.39. The van der Waals surface area contributed by atoms with Gasteiger partial charge in [-0.25, -0.2) is 0 Å². The van der Waals surface area contributed by atoms with E-state index in [-0.39, 0.29) is 11.2 Å². The highest BCUT2D eigenvalue weighted by Crippen LogP contribution is 2.53. The number of nitriles is 1. The fourth-order valence-corrected chi connectivity index (χ4v) is 2.72. The predicted octanol–water partition coefficient (Wildman–Crippen LogP) is 3.61. The first-order chi connectivity index (χ1) is 8.71. The summed E-state index contributed by atoms with van der Waals surface area (Å²) in [5, 5.41) is 9.12. The SMILES string of the molecule is CC1(C)C=C(C#C[C@]2(C)CC[C@@]2(Cl)C#N)C(=O)CC1. The summed E-state index contributed by atoms with van der Waals surface area (Å²) in [5.41, 5.74) is 0.0962. The third-order valence-corrected chi connectivity index (χ3v) is 5.02. The molecule has 0 heterocycles. The number of hydrogen-bond donors (Lipinski definition) is 0. The van der Waals surface area contributed by atoms with Crippen LogP contribution in [-0.2, 0) is 4.79 Å². The van der Waals surface area contributed by atoms with Crippen molar-refractivity contribution in [3.63, 3.8) is 0 Å². The molecule has 0 saturated heterocycles. The van der Waals surface area contributed by atoms with E-state index in [4.69, 9.17) is 16.9 Å². The summed E-state index contributed by atoms with van der Waals surface area (Å²) in [6.07, 6.45) is 4.84. The van der Waals surface area contributed by atoms with Crippen LogP contribution in [0.5, 0.6) is 0 Å². The second-order valence-corrected chi connectivity index (χ2v) is 7.11. The van der Waals surface area contributed by atoms with Crippen LogP contribution >= 0.6 is 11.6 Å². The number of carbonyl (C=O) groups excluding carboxylic acids is 1. The maximum atomic E-state index is 11.9. The number of nitrogens with zero attached hydrogens (tertiary/aromatic N) is 1. The van der Waals surface area contributed by atoms with E-state index in [0.29, 0.717) is 18.4 Å². The number of carbonyl (C=O) groups is 1. The molecule has 0 amide bonds. The smallest absolute Gasteiger partial charge is 0.170 e. The Morgan fingerprint density at radius 1 is 1.26 bits per heavy atom. The Morgan fingerprint density at radius 3 is 2.47 bits per heavy atom. The molecule has 0 aromatic heterocycles. The van der Waals surface area contributed by atoms with Crippen LogP contribution in [0.1, 0.15) is 46.5 Å². The van der Waals surface area contributed by atoms with Crippen molar-refractivity contribution in [2.45, 2.75) is 51.3 Å². The van der Waals surface area contributed by atoms with E-state index >= 15 is 0 Å². The first-order valence-electron chi connectivity index (χ1n) is 6.61. The first kappa shape index (κ1) is 14.2. The molecule has 19 heavy (non-hydrogen) atoms. The van der Waals surface area contributed by atoms with Crippen LogP contribution in [0.4, 0.5) is 0 Å². The Balaban J connectivity index is 2.28. The number of Topliss-reactive ketones (excluding diaryl/α,β-unsaturated/α-hetero) is 1. The average Bonchev–Trinajstić information content (AvgIpc) is 2.37. The van der Waals surface area contributed by atoms with Crippen LogP contribution in [-0.4, -0.2) is 10.7 Å². The third kappa shape index (κ3) is 2.43. The molecule has 2 nitrogen and oxygen atoms in total. The molecule has 0 bridgehead atoms. The number of rotatable bonds is 0. The van der Waals surface area contributed by atoms with Crippen molar-refractivity contribution in [3.05, 3.63) is 11.6 Å². The van der Waals surface area contributed by atoms with Gasteiger partial charge in [-0.05, 0) is 31.6 Å². The predicted molar refractivity (Wildman–Crippen MR) is 75.4 cm³/mol. The lowest BCUT2D eigenvalue weighted by atomic mass is 9.61. The summed E-state index contributed by atoms with van der Waals surface area (Å²) in [6, 6.07) is 2.14. The molecule has 2 aliphatic carbocycles. The van der Waals surface area contributed by atoms with E-state index in [1.54, 1.807) is 0 Å². The molecular weight excluding hydrogens is 258 g/mol. The molecule has 0 unspecified atom stereocenters. The molecular formula is C16H18ClNO. The summed E-state index contributed by atoms with van der Waals surface area (Å²) in [4.78, 5) is 11.0. The van der Waals surface area contributed by atoms with Crippen molar-refractivity contribution >= 4 is 17.4 Å². The minimum Gasteiger partial charge on any atom is -0.293 e. The van der Waals surface area contributed by atoms with Gasteiger partial charge in [-0.15, -0.1) is 11.6 Å². The van der Waals surface area contributed by atoms with Gasteiger partial charge in [0.2, 0.25) is 0 Å². The molecule has 0 aliphatic heterocycles. The molecule has 0 aromatic rings. The Bertz CT molecular complexity index is 558. The normalized spacial score (nSPS) is 36.4. The Labute approximate surface area is 119 Å². The lowest BCUT2D eigenvalue weighted by molar-refractivity contribution is -0.116. The molecule has 1 saturated carbocycles. The zero-order valence-corrected chi connectivity index (χ0v) is 12.4. The van der Waals surface area contributed by atoms with E-state index in [9.17, 15) is 4.79 Å². The van der Waals surface area contributed by atoms with Gasteiger partial charge in [0.1, 0.15) is 4.87 Å². The van der Waals surface area contributed by atoms with E-state index in [0.717, 1.165) is 12.8 Å². The van der Waals surface area contributed by atoms with Crippen molar-refractivity contribution in [1.29, 1.82) is 5.26 Å². The zero-order chi connectivity index (χ0) is 14.3. The Hall–Kier alpha value is -1.25. The van der Waals surface area contributed by atoms with Gasteiger partial charge in [-0.3, -0.25) is 4.79 Å². The number of allylic oxidation sites excluding steroid dienone is 2. The van der Waals surface area contributed by atoms with Gasteiger partial charge in [-0.1, -0.05) is 31.8 Å². The molecule has 0 spiro atoms. The second-order valence-electron chi connectivity index (χ2n) is 6.46. The zero-order valence-electron chi connectivity index (χ0n) is 11.6. The van der Waals surface area contributed by atoms with Gasteiger partial charge < -0.3 is 0 Å². The summed E-state index contributed by atoms with van der Waals surface area (Å²) in [6.45, 7) is 6.11. The van der Waals surface area contributed by atoms with E-state index in [1.807, 2.05) is 13.0 Å². The lowest BCUT2D eigenvalue weighted by Gasteiger charge is -2.45. The Morgan fingerprint density at radius 2 is 1.95 bits per heavy atom. The first-order valence-corrected chi connectivity index (χ1v) is 6.99. The topological polar surface area (TPSA) is 40.9 Å². The third-order valence-electron chi connectivity index (χ3n) is 4.33. The monoisotopic (exact) mass is 275 g/mol. The number of halogens is 1. The average molecular weight is 276 g/mol. The lowest BCUT2D eigenvalue weighted by Crippen LogP contribution is -2.49. The number of ketones is 1. The Kier molecular flexibility index (Phi) is 3.28. The largest absolute Gasteiger partial charge is 0.293 e. The molecule has 1 fully saturated rings. The number of alkyl halides is 1. The fraction of sp³-hybridized carbons (Fsp3) is 0.625. The van der Waals surface area contributed by atoms with Crippen LogP contribution in [0.3, 0.4) is 0 Å². The van der Waals surface area contributed by atoms with Gasteiger partial charge in [0.05, 0.1) is 17.1 Å². The fourth-order valence-electron chi connectivity index (χ4n) is 2.49. The molecule has 3 heteroatoms. The van der Waals surface area contributed by atoms with E-state index in [1.165, 1.54) is 0 Å². The van der Waals surface area contributed by atoms with Crippen molar-refractivity contribution in [2.24, 2.45) is 10.8 Å². The van der Waals surface area contributed by atoms with Crippen LogP contribution in [0.15, 0.2) is 11.6 Å². The van der Waals surface area contributed by atoms with Crippen molar-refractivity contribution in [1.82, 2.24) is 0 Å². The van der Waals surface area contributed by atoms with Crippen LogP contribution in [0, 0.1) is 34.0 Å². The maximum absolute atomic E-state index is 11.9. The molecule has 0 aromatic carbocycles. The summed E-state index contributed by atoms with van der Waals surface area (Å²) in [7, 11) is 0. The molecule has 100 valence electrons. The molecule has 2 aliphatic rings. The van der Waals surface area contributed by atoms with Gasteiger partial charge in [0.15, 0.2) is 5.78 Å². The van der Waals surface area contributed by atoms with E-state index in [2.05, 4.69) is 31.8 Å². The maximum Gasteiger partial charge on any atom is 0.170 e. The van der Waals surface area contributed by atoms with Gasteiger partial charge in [-0.2, -0.15) is 5.26 Å². The molecule has 0 N–H and O–H groups in total. The highest BCUT2D eigenvalue weighted by atomic mass is 35.5. The van der Waals surface area contributed by atoms with Crippen LogP contribution in [0.2, 0.25) is 0 Å². The van der Waals surface area contributed by atoms with Crippen molar-refractivity contribution in [2.75, 3.05) is 0 Å². The highest BCUT2D eigenvalue weighted by molar-refractivity contribution is 6.27. The number of hydrogen-bond acceptors (Lipinski definition) is 2. The highest BCUT2D eigenvalue weighted by Gasteiger charge is 2.55. The van der Waals surface area contributed by atoms with E-state index < -0.39 is 10.3 Å². The minimum absolute atomic E-state index is 0.0196. The van der Waals surface area contributed by atoms with Crippen LogP contribution in [0.25, 0.3) is 0 Å². The standard InChI is InChI=1S/C16H18ClNO/c1-14(2)6-5-13(19)12(10-14)4-7-15(3)8-9-16(15,17)11-18/h10H,5-6,8-9H2,1-3H3/t15-,16-/m1/s1. The van der Waals surface area contributed by atoms with Crippen molar-refractivity contribution < 1.29 is 4.79 Å². The molecule has 2 rings (SSSR count).